The van der Waals surface area contributed by atoms with Crippen LogP contribution in [0, 0.1) is 45.3 Å². The Morgan fingerprint density at radius 3 is 2.14 bits per heavy atom. The van der Waals surface area contributed by atoms with Crippen molar-refractivity contribution >= 4 is 8.32 Å². The lowest BCUT2D eigenvalue weighted by Gasteiger charge is -2.59. The van der Waals surface area contributed by atoms with Gasteiger partial charge in [-0.3, -0.25) is 0 Å². The summed E-state index contributed by atoms with van der Waals surface area (Å²) < 4.78 is 7.29. The Morgan fingerprint density at radius 1 is 1.00 bits per heavy atom. The Hall–Kier alpha value is -1.11. The molecule has 7 atom stereocenters. The first-order valence-corrected chi connectivity index (χ1v) is 16.5. The first-order chi connectivity index (χ1) is 16.2. The van der Waals surface area contributed by atoms with Crippen molar-refractivity contribution in [3.8, 4) is 6.07 Å². The van der Waals surface area contributed by atoms with E-state index in [0.717, 1.165) is 24.8 Å². The van der Waals surface area contributed by atoms with Crippen molar-refractivity contribution < 1.29 is 4.43 Å². The van der Waals surface area contributed by atoms with Crippen LogP contribution in [0.15, 0.2) is 36.0 Å². The Kier molecular flexibility index (Phi) is 6.72. The molecule has 0 aliphatic heterocycles. The second kappa shape index (κ2) is 8.73. The van der Waals surface area contributed by atoms with E-state index < -0.39 is 13.7 Å². The fraction of sp³-hybridized carbons (Fsp3) is 0.781. The van der Waals surface area contributed by atoms with E-state index in [2.05, 4.69) is 87.6 Å². The average molecular weight is 494 g/mol. The van der Waals surface area contributed by atoms with Gasteiger partial charge in [-0.25, -0.2) is 0 Å². The van der Waals surface area contributed by atoms with Gasteiger partial charge in [-0.05, 0) is 102 Å². The van der Waals surface area contributed by atoms with E-state index in [0.29, 0.717) is 40.5 Å². The van der Waals surface area contributed by atoms with E-state index in [-0.39, 0.29) is 10.8 Å². The van der Waals surface area contributed by atoms with Crippen LogP contribution in [0.3, 0.4) is 0 Å². The van der Waals surface area contributed by atoms with E-state index >= 15 is 0 Å². The van der Waals surface area contributed by atoms with Gasteiger partial charge in [0.25, 0.3) is 0 Å². The lowest BCUT2D eigenvalue weighted by molar-refractivity contribution is -0.0486. The van der Waals surface area contributed by atoms with E-state index in [1.54, 1.807) is 5.57 Å². The van der Waals surface area contributed by atoms with Gasteiger partial charge in [-0.2, -0.15) is 5.26 Å². The Balaban J connectivity index is 1.62. The third-order valence-corrected chi connectivity index (χ3v) is 18.2. The second-order valence-electron chi connectivity index (χ2n) is 14.1. The number of fused-ring (bicyclic) bond motifs is 5. The molecule has 0 radical (unpaired) electrons. The van der Waals surface area contributed by atoms with Gasteiger partial charge in [0.05, 0.1) is 11.5 Å². The molecule has 4 aliphatic rings. The van der Waals surface area contributed by atoms with Crippen LogP contribution < -0.4 is 0 Å². The third-order valence-electron chi connectivity index (χ3n) is 12.0. The summed E-state index contributed by atoms with van der Waals surface area (Å²) in [6.45, 7) is 30.4. The minimum absolute atomic E-state index is 0.0455. The molecule has 4 rings (SSSR count). The summed E-state index contributed by atoms with van der Waals surface area (Å²) in [6, 6.07) is 2.69. The maximum atomic E-state index is 10.2. The highest BCUT2D eigenvalue weighted by atomic mass is 28.4. The zero-order chi connectivity index (χ0) is 26.1. The predicted molar refractivity (Wildman–Crippen MR) is 150 cm³/mol. The molecule has 0 aromatic rings. The van der Waals surface area contributed by atoms with Crippen LogP contribution in [0.5, 0.6) is 0 Å². The van der Waals surface area contributed by atoms with Gasteiger partial charge in [-0.15, -0.1) is 0 Å². The van der Waals surface area contributed by atoms with Gasteiger partial charge in [0.2, 0.25) is 8.32 Å². The molecule has 0 aromatic carbocycles. The van der Waals surface area contributed by atoms with Crippen LogP contribution in [0.25, 0.3) is 0 Å². The van der Waals surface area contributed by atoms with Gasteiger partial charge in [0.15, 0.2) is 0 Å². The van der Waals surface area contributed by atoms with Crippen LogP contribution in [0.2, 0.25) is 16.6 Å². The standard InChI is InChI=1S/C32H51NOSi/c1-20(2)35(21(3)4,22(5)6)34-26-14-16-30(9)25(18-26)12-13-27-28(30)15-17-31(10)29(27)23(7)24(8)32(31,11)19-33/h12,20-22,26-29H,7-8,13-18H2,1-6,9-11H3/t26?,27-,28-,29+,30+,31+,32?/m1/s1. The number of hydrogen-bond acceptors (Lipinski definition) is 2. The zero-order valence-electron chi connectivity index (χ0n) is 24.1. The van der Waals surface area contributed by atoms with Gasteiger partial charge in [0, 0.05) is 6.10 Å². The van der Waals surface area contributed by atoms with Crippen molar-refractivity contribution in [2.24, 2.45) is 34.0 Å². The monoisotopic (exact) mass is 493 g/mol. The SMILES string of the molecule is C=C1C(=C)C(C)(C#N)[C@@]2(C)CC[C@@H]3[C@@H](CC=C4CC(O[Si](C(C)C)(C(C)C)C(C)C)CC[C@@]43C)[C@H]12. The molecule has 4 aliphatic carbocycles. The van der Waals surface area contributed by atoms with E-state index in [1.807, 2.05) is 0 Å². The summed E-state index contributed by atoms with van der Waals surface area (Å²) in [5.74, 6) is 1.63. The molecule has 3 fully saturated rings. The maximum Gasteiger partial charge on any atom is 0.200 e. The highest BCUT2D eigenvalue weighted by Gasteiger charge is 2.65. The number of allylic oxidation sites excluding steroid dienone is 3. The maximum absolute atomic E-state index is 10.2. The van der Waals surface area contributed by atoms with Crippen molar-refractivity contribution in [2.45, 2.75) is 124 Å². The largest absolute Gasteiger partial charge is 0.413 e. The van der Waals surface area contributed by atoms with Crippen LogP contribution in [-0.4, -0.2) is 14.4 Å². The van der Waals surface area contributed by atoms with Crippen molar-refractivity contribution in [1.82, 2.24) is 0 Å². The first-order valence-electron chi connectivity index (χ1n) is 14.4. The minimum Gasteiger partial charge on any atom is -0.413 e. The highest BCUT2D eigenvalue weighted by molar-refractivity contribution is 6.77. The molecule has 0 saturated heterocycles. The lowest BCUT2D eigenvalue weighted by atomic mass is 9.46. The number of rotatable bonds is 5. The first kappa shape index (κ1) is 26.9. The fourth-order valence-electron chi connectivity index (χ4n) is 9.89. The number of nitriles is 1. The van der Waals surface area contributed by atoms with Crippen molar-refractivity contribution in [1.29, 1.82) is 5.26 Å². The van der Waals surface area contributed by atoms with E-state index in [9.17, 15) is 5.26 Å². The topological polar surface area (TPSA) is 33.0 Å². The average Bonchev–Trinajstić information content (AvgIpc) is 2.94. The Bertz CT molecular complexity index is 947. The smallest absolute Gasteiger partial charge is 0.200 e. The van der Waals surface area contributed by atoms with E-state index in [1.165, 1.54) is 24.8 Å². The molecule has 3 saturated carbocycles. The molecular weight excluding hydrogens is 442 g/mol. The van der Waals surface area contributed by atoms with Crippen LogP contribution in [0.4, 0.5) is 0 Å². The molecule has 194 valence electrons. The van der Waals surface area contributed by atoms with Gasteiger partial charge in [-0.1, -0.05) is 80.2 Å². The van der Waals surface area contributed by atoms with Crippen molar-refractivity contribution in [3.63, 3.8) is 0 Å². The summed E-state index contributed by atoms with van der Waals surface area (Å²) in [7, 11) is -1.87. The molecule has 0 amide bonds. The van der Waals surface area contributed by atoms with Crippen molar-refractivity contribution in [2.75, 3.05) is 0 Å². The molecule has 2 unspecified atom stereocenters. The summed E-state index contributed by atoms with van der Waals surface area (Å²) >= 11 is 0. The lowest BCUT2D eigenvalue weighted by Crippen LogP contribution is -2.54. The molecule has 0 spiro atoms. The van der Waals surface area contributed by atoms with Crippen LogP contribution >= 0.6 is 0 Å². The molecule has 35 heavy (non-hydrogen) atoms. The van der Waals surface area contributed by atoms with Gasteiger partial charge < -0.3 is 4.43 Å². The highest BCUT2D eigenvalue weighted by Crippen LogP contribution is 2.71. The van der Waals surface area contributed by atoms with Crippen LogP contribution in [0.1, 0.15) is 101 Å². The number of nitrogens with zero attached hydrogens (tertiary/aromatic N) is 1. The quantitative estimate of drug-likeness (QED) is 0.282. The molecule has 3 heteroatoms. The number of hydrogen-bond donors (Lipinski definition) is 0. The third kappa shape index (κ3) is 3.48. The van der Waals surface area contributed by atoms with E-state index in [4.69, 9.17) is 4.43 Å². The minimum atomic E-state index is -1.87. The fourth-order valence-corrected chi connectivity index (χ4v) is 15.5. The van der Waals surface area contributed by atoms with Crippen molar-refractivity contribution in [3.05, 3.63) is 36.0 Å². The molecule has 0 bridgehead atoms. The predicted octanol–water partition coefficient (Wildman–Crippen LogP) is 9.37. The zero-order valence-corrected chi connectivity index (χ0v) is 25.1. The van der Waals surface area contributed by atoms with Gasteiger partial charge in [0.1, 0.15) is 0 Å². The Labute approximate surface area is 217 Å². The normalized spacial score (nSPS) is 41.5. The molecule has 0 N–H and O–H groups in total. The van der Waals surface area contributed by atoms with Gasteiger partial charge >= 0.3 is 0 Å². The molecule has 0 heterocycles. The summed E-state index contributed by atoms with van der Waals surface area (Å²) in [5, 5.41) is 10.2. The van der Waals surface area contributed by atoms with Crippen LogP contribution in [-0.2, 0) is 4.43 Å². The second-order valence-corrected chi connectivity index (χ2v) is 19.5. The Morgan fingerprint density at radius 2 is 1.60 bits per heavy atom. The molecular formula is C32H51NOSi. The summed E-state index contributed by atoms with van der Waals surface area (Å²) in [5.41, 5.74) is 5.46. The molecule has 2 nitrogen and oxygen atoms in total. The molecule has 0 aromatic heterocycles. The summed E-state index contributed by atoms with van der Waals surface area (Å²) in [6.07, 6.45) is 9.96. The summed E-state index contributed by atoms with van der Waals surface area (Å²) in [4.78, 5) is 0.